The van der Waals surface area contributed by atoms with Gasteiger partial charge >= 0.3 is 0 Å². The molecule has 1 aromatic rings. The lowest BCUT2D eigenvalue weighted by molar-refractivity contribution is 0.208. The van der Waals surface area contributed by atoms with Crippen molar-refractivity contribution in [3.8, 4) is 0 Å². The highest BCUT2D eigenvalue weighted by atomic mass is 16.5. The number of hydrogen-bond donors (Lipinski definition) is 2. The van der Waals surface area contributed by atoms with Crippen molar-refractivity contribution in [2.75, 3.05) is 26.8 Å². The first-order valence-corrected chi connectivity index (χ1v) is 7.19. The highest BCUT2D eigenvalue weighted by molar-refractivity contribution is 5.80. The van der Waals surface area contributed by atoms with E-state index in [0.717, 1.165) is 25.3 Å². The molecule has 0 radical (unpaired) electrons. The van der Waals surface area contributed by atoms with Crippen LogP contribution in [0.5, 0.6) is 0 Å². The maximum absolute atomic E-state index is 5.03. The van der Waals surface area contributed by atoms with E-state index in [-0.39, 0.29) is 0 Å². The van der Waals surface area contributed by atoms with Gasteiger partial charge in [0.15, 0.2) is 5.96 Å². The molecule has 2 N–H and O–H groups in total. The average molecular weight is 278 g/mol. The van der Waals surface area contributed by atoms with E-state index in [4.69, 9.17) is 4.74 Å². The van der Waals surface area contributed by atoms with Gasteiger partial charge in [-0.2, -0.15) is 0 Å². The van der Waals surface area contributed by atoms with Gasteiger partial charge in [0.05, 0.1) is 13.2 Å². The molecular weight excluding hydrogens is 252 g/mol. The van der Waals surface area contributed by atoms with E-state index in [1.807, 2.05) is 12.3 Å². The van der Waals surface area contributed by atoms with E-state index in [0.29, 0.717) is 19.2 Å². The van der Waals surface area contributed by atoms with Crippen LogP contribution in [0.15, 0.2) is 29.5 Å². The fraction of sp³-hybridized carbons (Fsp3) is 0.600. The van der Waals surface area contributed by atoms with Crippen LogP contribution < -0.4 is 10.6 Å². The first-order valence-electron chi connectivity index (χ1n) is 7.19. The van der Waals surface area contributed by atoms with Crippen LogP contribution in [0.1, 0.15) is 25.8 Å². The topological polar surface area (TPSA) is 58.5 Å². The Hall–Kier alpha value is -1.62. The quantitative estimate of drug-likeness (QED) is 0.431. The average Bonchev–Trinajstić information content (AvgIpc) is 2.48. The third kappa shape index (κ3) is 7.09. The number of nitrogens with zero attached hydrogens (tertiary/aromatic N) is 2. The Kier molecular flexibility index (Phi) is 8.38. The SMILES string of the molecule is CC[C@H](C)NC(=NCCOC)NCCc1cccnc1. The van der Waals surface area contributed by atoms with Gasteiger partial charge in [-0.25, -0.2) is 0 Å². The molecule has 0 unspecified atom stereocenters. The minimum atomic E-state index is 0.405. The van der Waals surface area contributed by atoms with E-state index >= 15 is 0 Å². The fourth-order valence-corrected chi connectivity index (χ4v) is 1.61. The standard InChI is InChI=1S/C15H26N4O/c1-4-13(2)19-15(18-10-11-20-3)17-9-7-14-6-5-8-16-12-14/h5-6,8,12-13H,4,7,9-11H2,1-3H3,(H2,17,18,19)/t13-/m0/s1. The molecule has 0 fully saturated rings. The van der Waals surface area contributed by atoms with Crippen LogP contribution in [0.3, 0.4) is 0 Å². The Bertz CT molecular complexity index is 381. The van der Waals surface area contributed by atoms with Crippen LogP contribution in [0.2, 0.25) is 0 Å². The monoisotopic (exact) mass is 278 g/mol. The van der Waals surface area contributed by atoms with Gasteiger partial charge in [-0.05, 0) is 31.4 Å². The van der Waals surface area contributed by atoms with Crippen LogP contribution >= 0.6 is 0 Å². The first kappa shape index (κ1) is 16.4. The number of ether oxygens (including phenoxy) is 1. The van der Waals surface area contributed by atoms with Gasteiger partial charge in [0, 0.05) is 32.1 Å². The molecule has 0 saturated carbocycles. The predicted molar refractivity (Wildman–Crippen MR) is 83.0 cm³/mol. The maximum atomic E-state index is 5.03. The molecule has 0 saturated heterocycles. The Morgan fingerprint density at radius 3 is 3.00 bits per heavy atom. The molecule has 112 valence electrons. The minimum absolute atomic E-state index is 0.405. The highest BCUT2D eigenvalue weighted by Gasteiger charge is 2.03. The summed E-state index contributed by atoms with van der Waals surface area (Å²) in [6, 6.07) is 4.45. The Balaban J connectivity index is 2.41. The molecule has 0 amide bonds. The zero-order valence-corrected chi connectivity index (χ0v) is 12.7. The van der Waals surface area contributed by atoms with Crippen molar-refractivity contribution in [3.63, 3.8) is 0 Å². The number of pyridine rings is 1. The Labute approximate surface area is 121 Å². The summed E-state index contributed by atoms with van der Waals surface area (Å²) in [5.74, 6) is 0.847. The fourth-order valence-electron chi connectivity index (χ4n) is 1.61. The van der Waals surface area contributed by atoms with Crippen LogP contribution in [-0.4, -0.2) is 43.8 Å². The van der Waals surface area contributed by atoms with Gasteiger partial charge in [-0.1, -0.05) is 13.0 Å². The molecule has 0 bridgehead atoms. The number of aliphatic imine (C=N–C) groups is 1. The molecule has 0 spiro atoms. The van der Waals surface area contributed by atoms with Crippen LogP contribution in [0, 0.1) is 0 Å². The predicted octanol–water partition coefficient (Wildman–Crippen LogP) is 1.60. The molecule has 20 heavy (non-hydrogen) atoms. The second-order valence-corrected chi connectivity index (χ2v) is 4.71. The third-order valence-electron chi connectivity index (χ3n) is 2.99. The first-order chi connectivity index (χ1) is 9.76. The summed E-state index contributed by atoms with van der Waals surface area (Å²) >= 11 is 0. The molecule has 0 aromatic carbocycles. The maximum Gasteiger partial charge on any atom is 0.191 e. The number of methoxy groups -OCH3 is 1. The summed E-state index contributed by atoms with van der Waals surface area (Å²) in [4.78, 5) is 8.60. The van der Waals surface area contributed by atoms with E-state index in [2.05, 4.69) is 40.5 Å². The van der Waals surface area contributed by atoms with Gasteiger partial charge in [0.2, 0.25) is 0 Å². The largest absolute Gasteiger partial charge is 0.383 e. The number of rotatable bonds is 8. The third-order valence-corrected chi connectivity index (χ3v) is 2.99. The summed E-state index contributed by atoms with van der Waals surface area (Å²) in [7, 11) is 1.69. The number of guanidine groups is 1. The zero-order chi connectivity index (χ0) is 14.6. The van der Waals surface area contributed by atoms with Crippen LogP contribution in [-0.2, 0) is 11.2 Å². The van der Waals surface area contributed by atoms with Crippen molar-refractivity contribution in [1.82, 2.24) is 15.6 Å². The van der Waals surface area contributed by atoms with Crippen LogP contribution in [0.25, 0.3) is 0 Å². The molecule has 0 aliphatic rings. The van der Waals surface area contributed by atoms with E-state index in [1.54, 1.807) is 13.3 Å². The second-order valence-electron chi connectivity index (χ2n) is 4.71. The molecule has 5 heteroatoms. The summed E-state index contributed by atoms with van der Waals surface area (Å²) in [5.41, 5.74) is 1.22. The Morgan fingerprint density at radius 1 is 1.50 bits per heavy atom. The molecule has 0 aliphatic carbocycles. The molecule has 0 aliphatic heterocycles. The highest BCUT2D eigenvalue weighted by Crippen LogP contribution is 1.95. The normalized spacial score (nSPS) is 13.1. The van der Waals surface area contributed by atoms with Gasteiger partial charge < -0.3 is 15.4 Å². The number of aromatic nitrogens is 1. The summed E-state index contributed by atoms with van der Waals surface area (Å²) in [5, 5.41) is 6.73. The molecule has 1 heterocycles. The van der Waals surface area contributed by atoms with E-state index in [9.17, 15) is 0 Å². The zero-order valence-electron chi connectivity index (χ0n) is 12.7. The Morgan fingerprint density at radius 2 is 2.35 bits per heavy atom. The summed E-state index contributed by atoms with van der Waals surface area (Å²) in [6.45, 7) is 6.43. The van der Waals surface area contributed by atoms with Crippen molar-refractivity contribution >= 4 is 5.96 Å². The summed E-state index contributed by atoms with van der Waals surface area (Å²) in [6.07, 6.45) is 5.68. The van der Waals surface area contributed by atoms with Crippen molar-refractivity contribution in [2.24, 2.45) is 4.99 Å². The lowest BCUT2D eigenvalue weighted by Gasteiger charge is -2.17. The molecule has 1 atom stereocenters. The van der Waals surface area contributed by atoms with Gasteiger partial charge in [0.25, 0.3) is 0 Å². The van der Waals surface area contributed by atoms with E-state index < -0.39 is 0 Å². The van der Waals surface area contributed by atoms with Crippen molar-refractivity contribution in [1.29, 1.82) is 0 Å². The summed E-state index contributed by atoms with van der Waals surface area (Å²) < 4.78 is 5.03. The number of nitrogens with one attached hydrogen (secondary N) is 2. The molecule has 1 aromatic heterocycles. The van der Waals surface area contributed by atoms with Crippen LogP contribution in [0.4, 0.5) is 0 Å². The van der Waals surface area contributed by atoms with Gasteiger partial charge in [0.1, 0.15) is 0 Å². The lowest BCUT2D eigenvalue weighted by atomic mass is 10.2. The smallest absolute Gasteiger partial charge is 0.191 e. The van der Waals surface area contributed by atoms with Crippen molar-refractivity contribution in [2.45, 2.75) is 32.7 Å². The molecular formula is C15H26N4O. The van der Waals surface area contributed by atoms with Gasteiger partial charge in [-0.3, -0.25) is 9.98 Å². The molecule has 5 nitrogen and oxygen atoms in total. The van der Waals surface area contributed by atoms with E-state index in [1.165, 1.54) is 5.56 Å². The second kappa shape index (κ2) is 10.2. The number of hydrogen-bond acceptors (Lipinski definition) is 3. The van der Waals surface area contributed by atoms with Crippen molar-refractivity contribution < 1.29 is 4.74 Å². The van der Waals surface area contributed by atoms with Gasteiger partial charge in [-0.15, -0.1) is 0 Å². The minimum Gasteiger partial charge on any atom is -0.383 e. The van der Waals surface area contributed by atoms with Crippen molar-refractivity contribution in [3.05, 3.63) is 30.1 Å². The molecule has 1 rings (SSSR count). The lowest BCUT2D eigenvalue weighted by Crippen LogP contribution is -2.43.